The quantitative estimate of drug-likeness (QED) is 0.259. The summed E-state index contributed by atoms with van der Waals surface area (Å²) in [4.78, 5) is 0. The number of hydrogen-bond acceptors (Lipinski definition) is 4. The van der Waals surface area contributed by atoms with Gasteiger partial charge in [-0.25, -0.2) is 18.6 Å². The zero-order valence-corrected chi connectivity index (χ0v) is 19.1. The summed E-state index contributed by atoms with van der Waals surface area (Å²) < 4.78 is 35.8. The van der Waals surface area contributed by atoms with Crippen molar-refractivity contribution in [3.05, 3.63) is 137 Å². The second-order valence-corrected chi connectivity index (χ2v) is 7.61. The molecule has 0 saturated heterocycles. The Morgan fingerprint density at radius 3 is 1.40 bits per heavy atom. The van der Waals surface area contributed by atoms with Crippen molar-refractivity contribution < 1.29 is 33.4 Å². The van der Waals surface area contributed by atoms with Crippen molar-refractivity contribution in [3.63, 3.8) is 0 Å². The van der Waals surface area contributed by atoms with E-state index in [-0.39, 0.29) is 0 Å². The summed E-state index contributed by atoms with van der Waals surface area (Å²) in [6.07, 6.45) is 1.92. The molecule has 0 bridgehead atoms. The van der Waals surface area contributed by atoms with Crippen LogP contribution in [0.15, 0.2) is 109 Å². The molecule has 0 atom stereocenters. The van der Waals surface area contributed by atoms with Crippen molar-refractivity contribution in [3.8, 4) is 35.6 Å². The Bertz CT molecular complexity index is 1350. The van der Waals surface area contributed by atoms with Gasteiger partial charge in [0.15, 0.2) is 6.20 Å². The maximum absolute atomic E-state index is 8.49. The number of rotatable bonds is 0. The zero-order valence-electron chi connectivity index (χ0n) is 18.4. The van der Waals surface area contributed by atoms with Gasteiger partial charge in [0.25, 0.3) is 5.69 Å². The summed E-state index contributed by atoms with van der Waals surface area (Å²) >= 11 is 0. The van der Waals surface area contributed by atoms with E-state index >= 15 is 0 Å². The van der Waals surface area contributed by atoms with Gasteiger partial charge < -0.3 is 0 Å². The number of halogens is 1. The minimum Gasteiger partial charge on any atom is -0.222 e. The molecule has 0 unspecified atom stereocenters. The van der Waals surface area contributed by atoms with Crippen molar-refractivity contribution in [1.29, 1.82) is 0 Å². The Balaban J connectivity index is 0.000000623. The maximum atomic E-state index is 8.49. The van der Waals surface area contributed by atoms with Gasteiger partial charge in [0.1, 0.15) is 5.56 Å². The van der Waals surface area contributed by atoms with Gasteiger partial charge in [-0.1, -0.05) is 72.4 Å². The van der Waals surface area contributed by atoms with E-state index in [1.54, 1.807) is 0 Å². The molecule has 0 aliphatic heterocycles. The molecule has 5 nitrogen and oxygen atoms in total. The van der Waals surface area contributed by atoms with Gasteiger partial charge in [0.05, 0.1) is 0 Å². The van der Waals surface area contributed by atoms with Gasteiger partial charge in [-0.05, 0) is 42.5 Å². The van der Waals surface area contributed by atoms with E-state index in [1.807, 2.05) is 114 Å². The summed E-state index contributed by atoms with van der Waals surface area (Å²) in [5, 5.41) is 0. The van der Waals surface area contributed by atoms with E-state index in [4.69, 9.17) is 18.6 Å². The first kappa shape index (κ1) is 25.2. The number of pyridine rings is 1. The third kappa shape index (κ3) is 9.56. The molecule has 0 amide bonds. The predicted octanol–water partition coefficient (Wildman–Crippen LogP) is -0.125. The van der Waals surface area contributed by atoms with Crippen LogP contribution >= 0.6 is 0 Å². The molecule has 0 N–H and O–H groups in total. The van der Waals surface area contributed by atoms with Crippen molar-refractivity contribution in [1.82, 2.24) is 0 Å². The molecule has 1 heterocycles. The highest BCUT2D eigenvalue weighted by molar-refractivity contribution is 5.50. The molecule has 0 spiro atoms. The molecule has 170 valence electrons. The summed E-state index contributed by atoms with van der Waals surface area (Å²) in [6.45, 7) is 0. The fourth-order valence-electron chi connectivity index (χ4n) is 2.79. The van der Waals surface area contributed by atoms with Gasteiger partial charge >= 0.3 is 0 Å². The third-order valence-electron chi connectivity index (χ3n) is 4.30. The van der Waals surface area contributed by atoms with Crippen LogP contribution in [0.3, 0.4) is 0 Å². The summed E-state index contributed by atoms with van der Waals surface area (Å²) in [5.74, 6) is 16.2. The average molecular weight is 480 g/mol. The first-order chi connectivity index (χ1) is 16.9. The van der Waals surface area contributed by atoms with Gasteiger partial charge in [-0.3, -0.25) is 0 Å². The zero-order chi connectivity index (χ0) is 24.9. The molecule has 4 rings (SSSR count). The standard InChI is InChI=1S/C29H18N.ClHO4/c1-4-11-25(12-5-1)18-20-28-17-10-23-30(24-22-27-15-8-3-9-16-27)29(28)21-19-26-13-6-2-7-14-26;2-1(3,4)5/h1-17,23H;(H,2,3,4,5)/q+1;/p-1. The van der Waals surface area contributed by atoms with E-state index < -0.39 is 10.2 Å². The van der Waals surface area contributed by atoms with Crippen LogP contribution in [-0.2, 0) is 0 Å². The minimum absolute atomic E-state index is 0.771. The molecule has 1 aromatic heterocycles. The molecule has 0 fully saturated rings. The van der Waals surface area contributed by atoms with Crippen molar-refractivity contribution in [2.24, 2.45) is 0 Å². The van der Waals surface area contributed by atoms with Crippen LogP contribution in [-0.4, -0.2) is 0 Å². The van der Waals surface area contributed by atoms with Crippen molar-refractivity contribution in [2.75, 3.05) is 0 Å². The highest BCUT2D eigenvalue weighted by Crippen LogP contribution is 2.04. The Morgan fingerprint density at radius 1 is 0.486 bits per heavy atom. The van der Waals surface area contributed by atoms with E-state index in [1.165, 1.54) is 0 Å². The highest BCUT2D eigenvalue weighted by atomic mass is 35.7. The predicted molar refractivity (Wildman–Crippen MR) is 120 cm³/mol. The number of aromatic nitrogens is 1. The average Bonchev–Trinajstić information content (AvgIpc) is 2.86. The van der Waals surface area contributed by atoms with Crippen LogP contribution in [0.1, 0.15) is 27.9 Å². The van der Waals surface area contributed by atoms with Crippen LogP contribution in [0.2, 0.25) is 0 Å². The van der Waals surface area contributed by atoms with Gasteiger partial charge in [0.2, 0.25) is 6.04 Å². The van der Waals surface area contributed by atoms with Crippen LogP contribution < -0.4 is 23.2 Å². The number of nitrogens with zero attached hydrogens (tertiary/aromatic N) is 1. The minimum atomic E-state index is -4.94. The molecule has 4 aromatic rings. The summed E-state index contributed by atoms with van der Waals surface area (Å²) in [7, 11) is -4.94. The molecule has 0 radical (unpaired) electrons. The second-order valence-electron chi connectivity index (χ2n) is 6.85. The molecule has 35 heavy (non-hydrogen) atoms. The van der Waals surface area contributed by atoms with Crippen LogP contribution in [0.5, 0.6) is 0 Å². The SMILES string of the molecule is C(#Cc1ccc[n+](C#Cc2ccccc2)c1C#Cc1ccccc1)c1ccccc1.[O-][Cl+3]([O-])([O-])[O-]. The summed E-state index contributed by atoms with van der Waals surface area (Å²) in [6, 6.07) is 36.9. The second kappa shape index (κ2) is 12.8. The largest absolute Gasteiger partial charge is 0.288 e. The molecule has 0 aliphatic rings. The van der Waals surface area contributed by atoms with Crippen molar-refractivity contribution in [2.45, 2.75) is 0 Å². The Labute approximate surface area is 206 Å². The van der Waals surface area contributed by atoms with Gasteiger partial charge in [-0.15, -0.1) is 14.8 Å². The first-order valence-corrected chi connectivity index (χ1v) is 11.5. The normalized spacial score (nSPS) is 9.60. The van der Waals surface area contributed by atoms with Crippen LogP contribution in [0.4, 0.5) is 0 Å². The monoisotopic (exact) mass is 479 g/mol. The van der Waals surface area contributed by atoms with E-state index in [9.17, 15) is 0 Å². The Hall–Kier alpha value is -4.38. The maximum Gasteiger partial charge on any atom is 0.288 e. The first-order valence-electron chi connectivity index (χ1n) is 10.3. The molecule has 3 aromatic carbocycles. The topological polar surface area (TPSA) is 96.1 Å². The van der Waals surface area contributed by atoms with Crippen LogP contribution in [0.25, 0.3) is 0 Å². The fraction of sp³-hybridized carbons (Fsp3) is 0. The molecule has 0 saturated carbocycles. The molecule has 0 aliphatic carbocycles. The van der Waals surface area contributed by atoms with E-state index in [0.717, 1.165) is 27.9 Å². The lowest BCUT2D eigenvalue weighted by molar-refractivity contribution is -2.00. The number of hydrogen-bond donors (Lipinski definition) is 0. The van der Waals surface area contributed by atoms with Gasteiger partial charge in [0, 0.05) is 34.6 Å². The lowest BCUT2D eigenvalue weighted by Crippen LogP contribution is -2.68. The smallest absolute Gasteiger partial charge is 0.222 e. The van der Waals surface area contributed by atoms with E-state index in [2.05, 4.69) is 35.6 Å². The fourth-order valence-corrected chi connectivity index (χ4v) is 2.79. The molecular formula is C29H18ClNO4. The van der Waals surface area contributed by atoms with Crippen molar-refractivity contribution >= 4 is 0 Å². The Morgan fingerprint density at radius 2 is 0.914 bits per heavy atom. The molecular weight excluding hydrogens is 462 g/mol. The summed E-state index contributed by atoms with van der Waals surface area (Å²) in [5.41, 5.74) is 4.48. The lowest BCUT2D eigenvalue weighted by atomic mass is 10.1. The lowest BCUT2D eigenvalue weighted by Gasteiger charge is -2.17. The molecule has 6 heteroatoms. The number of benzene rings is 3. The van der Waals surface area contributed by atoms with Gasteiger partial charge in [-0.2, -0.15) is 0 Å². The Kier molecular flexibility index (Phi) is 9.20. The van der Waals surface area contributed by atoms with E-state index in [0.29, 0.717) is 0 Å². The van der Waals surface area contributed by atoms with Crippen LogP contribution in [0, 0.1) is 45.9 Å². The third-order valence-corrected chi connectivity index (χ3v) is 4.30. The highest BCUT2D eigenvalue weighted by Gasteiger charge is 2.11.